The lowest BCUT2D eigenvalue weighted by Crippen LogP contribution is -2.43. The Morgan fingerprint density at radius 1 is 1.08 bits per heavy atom. The Labute approximate surface area is 308 Å². The first-order chi connectivity index (χ1) is 25.2. The molecule has 0 saturated heterocycles. The van der Waals surface area contributed by atoms with Crippen LogP contribution < -0.4 is 43.4 Å². The van der Waals surface area contributed by atoms with Crippen LogP contribution in [0, 0.1) is 12.3 Å². The molecule has 0 aliphatic carbocycles. The van der Waals surface area contributed by atoms with Crippen LogP contribution in [0.3, 0.4) is 0 Å². The molecule has 0 saturated carbocycles. The molecule has 1 aromatic rings. The van der Waals surface area contributed by atoms with E-state index in [1.165, 1.54) is 0 Å². The lowest BCUT2D eigenvalue weighted by Gasteiger charge is -2.17. The van der Waals surface area contributed by atoms with E-state index in [0.717, 1.165) is 96.0 Å². The van der Waals surface area contributed by atoms with Crippen molar-refractivity contribution in [1.82, 2.24) is 46.9 Å². The fourth-order valence-electron chi connectivity index (χ4n) is 5.37. The van der Waals surface area contributed by atoms with Crippen LogP contribution in [0.5, 0.6) is 0 Å². The van der Waals surface area contributed by atoms with E-state index in [1.54, 1.807) is 18.8 Å². The average molecular weight is 731 g/mol. The van der Waals surface area contributed by atoms with Crippen molar-refractivity contribution in [1.29, 1.82) is 0 Å². The Morgan fingerprint density at radius 2 is 1.85 bits per heavy atom. The Hall–Kier alpha value is -4.27. The Kier molecular flexibility index (Phi) is 25.8. The predicted molar refractivity (Wildman–Crippen MR) is 200 cm³/mol. The van der Waals surface area contributed by atoms with E-state index in [4.69, 9.17) is 23.4 Å². The van der Waals surface area contributed by atoms with E-state index in [2.05, 4.69) is 58.2 Å². The zero-order valence-corrected chi connectivity index (χ0v) is 31.1. The Bertz CT molecular complexity index is 1260. The molecule has 0 spiro atoms. The first-order valence-corrected chi connectivity index (χ1v) is 18.5. The van der Waals surface area contributed by atoms with Gasteiger partial charge in [-0.25, -0.2) is 0 Å². The number of nitrogens with zero attached hydrogens (tertiary/aromatic N) is 6. The molecular weight excluding hydrogens is 668 g/mol. The van der Waals surface area contributed by atoms with Crippen molar-refractivity contribution in [3.63, 3.8) is 0 Å². The van der Waals surface area contributed by atoms with E-state index in [-0.39, 0.29) is 42.1 Å². The molecule has 18 heteroatoms. The second kappa shape index (κ2) is 29.3. The van der Waals surface area contributed by atoms with Gasteiger partial charge in [-0.1, -0.05) is 29.6 Å². The largest absolute Gasteiger partial charge is 0.358 e. The molecule has 1 aromatic heterocycles. The number of unbranched alkanes of at least 4 members (excludes halogenated alkanes) is 3. The zero-order valence-electron chi connectivity index (χ0n) is 31.1. The second-order valence-electron chi connectivity index (χ2n) is 12.7. The zero-order chi connectivity index (χ0) is 38.4. The lowest BCUT2D eigenvalue weighted by atomic mass is 10.1. The summed E-state index contributed by atoms with van der Waals surface area (Å²) in [4.78, 5) is 50.2. The fraction of sp³-hybridized carbons (Fsp3) is 0.765. The summed E-state index contributed by atoms with van der Waals surface area (Å²) >= 11 is 0. The summed E-state index contributed by atoms with van der Waals surface area (Å²) in [6.07, 6.45) is 18.0. The average Bonchev–Trinajstić information content (AvgIpc) is 3.59. The smallest absolute Gasteiger partial charge is 0.237 e. The molecule has 4 atom stereocenters. The summed E-state index contributed by atoms with van der Waals surface area (Å²) < 4.78 is 1.77. The van der Waals surface area contributed by atoms with Crippen LogP contribution in [-0.2, 0) is 32.1 Å². The number of hydrogen-bond donors (Lipinski definition) is 8. The summed E-state index contributed by atoms with van der Waals surface area (Å²) in [5.41, 5.74) is 20.5. The first-order valence-electron chi connectivity index (χ1n) is 18.5. The van der Waals surface area contributed by atoms with Gasteiger partial charge >= 0.3 is 0 Å². The number of aromatic nitrogens is 3. The first kappa shape index (κ1) is 45.8. The molecule has 4 amide bonds. The number of fused-ring (bicyclic) bond motifs is 2. The van der Waals surface area contributed by atoms with E-state index in [1.807, 2.05) is 6.20 Å². The van der Waals surface area contributed by atoms with Gasteiger partial charge in [-0.15, -0.1) is 17.4 Å². The minimum absolute atomic E-state index is 0.0312. The maximum Gasteiger partial charge on any atom is 0.237 e. The van der Waals surface area contributed by atoms with Crippen LogP contribution in [-0.4, -0.2) is 110 Å². The monoisotopic (exact) mass is 731 g/mol. The number of azide groups is 1. The molecule has 2 bridgehead atoms. The van der Waals surface area contributed by atoms with E-state index in [9.17, 15) is 19.2 Å². The van der Waals surface area contributed by atoms with Gasteiger partial charge < -0.3 is 43.4 Å². The number of amides is 4. The lowest BCUT2D eigenvalue weighted by molar-refractivity contribution is -0.123. The van der Waals surface area contributed by atoms with Gasteiger partial charge in [0.25, 0.3) is 0 Å². The quantitative estimate of drug-likeness (QED) is 0.0374. The number of carbonyl (C=O) groups is 4. The van der Waals surface area contributed by atoms with Crippen LogP contribution in [0.2, 0.25) is 0 Å². The van der Waals surface area contributed by atoms with Crippen LogP contribution >= 0.6 is 0 Å². The molecule has 0 fully saturated rings. The number of nitrogens with one attached hydrogen (secondary N) is 6. The molecular formula is C34H62N14O4. The number of aryl methyl sites for hydroxylation is 1. The molecule has 0 aromatic carbocycles. The topological polar surface area (TPSA) is 272 Å². The highest BCUT2D eigenvalue weighted by molar-refractivity contribution is 5.82. The third kappa shape index (κ3) is 21.2. The molecule has 52 heavy (non-hydrogen) atoms. The summed E-state index contributed by atoms with van der Waals surface area (Å²) in [7, 11) is 3.28. The highest BCUT2D eigenvalue weighted by Crippen LogP contribution is 2.07. The standard InChI is InChI=1S/2C17H31N7O2/c1-19-17(26)15-7-3-6-10-24-12-13(22-23-24)11-14(18)16(25)21-9-5-2-4-8-20-15;1-3-9-14(18)16(25)22-12-7-4-6-11-21-15(17(26)20-2)10-5-8-13-23-24-19/h12,14-15,20H,2-11,18H2,1H3,(H,19,26)(H,21,25);1,14-15,21H,4-13,18H2,2H3,(H,20,26)(H,22,25). The number of carbonyl (C=O) groups excluding carboxylic acids is 4. The van der Waals surface area contributed by atoms with Crippen molar-refractivity contribution >= 4 is 23.6 Å². The highest BCUT2D eigenvalue weighted by Gasteiger charge is 2.18. The van der Waals surface area contributed by atoms with Crippen molar-refractivity contribution in [2.24, 2.45) is 16.6 Å². The van der Waals surface area contributed by atoms with Crippen molar-refractivity contribution in [2.45, 2.75) is 121 Å². The number of rotatable bonds is 16. The summed E-state index contributed by atoms with van der Waals surface area (Å²) in [5, 5.41) is 29.3. The van der Waals surface area contributed by atoms with E-state index < -0.39 is 12.1 Å². The van der Waals surface area contributed by atoms with E-state index in [0.29, 0.717) is 32.5 Å². The molecule has 292 valence electrons. The van der Waals surface area contributed by atoms with Gasteiger partial charge in [-0.05, 0) is 76.4 Å². The highest BCUT2D eigenvalue weighted by atomic mass is 16.2. The maximum atomic E-state index is 12.0. The van der Waals surface area contributed by atoms with Gasteiger partial charge in [-0.2, -0.15) is 0 Å². The summed E-state index contributed by atoms with van der Waals surface area (Å²) in [6, 6.07) is -1.65. The molecule has 2 heterocycles. The normalized spacial score (nSPS) is 18.2. The van der Waals surface area contributed by atoms with Crippen LogP contribution in [0.4, 0.5) is 0 Å². The van der Waals surface area contributed by atoms with Crippen LogP contribution in [0.25, 0.3) is 10.4 Å². The number of terminal acetylenes is 1. The number of hydrogen-bond acceptors (Lipinski definition) is 11. The number of nitrogens with two attached hydrogens (primary N) is 2. The Balaban J connectivity index is 0.000000520. The minimum atomic E-state index is -0.645. The predicted octanol–water partition coefficient (Wildman–Crippen LogP) is 0.131. The van der Waals surface area contributed by atoms with Gasteiger partial charge in [0.1, 0.15) is 0 Å². The third-order valence-electron chi connectivity index (χ3n) is 8.43. The fourth-order valence-corrected chi connectivity index (χ4v) is 5.37. The molecule has 18 nitrogen and oxygen atoms in total. The van der Waals surface area contributed by atoms with Crippen molar-refractivity contribution in [3.05, 3.63) is 22.3 Å². The molecule has 4 unspecified atom stereocenters. The minimum Gasteiger partial charge on any atom is -0.358 e. The van der Waals surface area contributed by atoms with Crippen molar-refractivity contribution in [2.75, 3.05) is 46.8 Å². The Morgan fingerprint density at radius 3 is 2.58 bits per heavy atom. The summed E-state index contributed by atoms with van der Waals surface area (Å²) in [6.45, 7) is 3.87. The van der Waals surface area contributed by atoms with Gasteiger partial charge in [0.2, 0.25) is 23.6 Å². The van der Waals surface area contributed by atoms with Gasteiger partial charge in [0.05, 0.1) is 29.9 Å². The SMILES string of the molecule is C#CCC(N)C(=O)NCCCCCNC(CCCCN=[N+]=[N-])C(=O)NC.CNC(=O)C1CCCCn2cc(nn2)CC(N)C(=O)NCCCCCN1. The summed E-state index contributed by atoms with van der Waals surface area (Å²) in [5.74, 6) is 1.99. The van der Waals surface area contributed by atoms with Crippen LogP contribution in [0.15, 0.2) is 11.3 Å². The molecule has 10 N–H and O–H groups in total. The third-order valence-corrected chi connectivity index (χ3v) is 8.43. The second-order valence-corrected chi connectivity index (χ2v) is 12.7. The van der Waals surface area contributed by atoms with Crippen molar-refractivity contribution < 1.29 is 19.2 Å². The van der Waals surface area contributed by atoms with Crippen molar-refractivity contribution in [3.8, 4) is 12.3 Å². The number of likely N-dealkylation sites (N-methyl/N-ethyl adjacent to an activating group) is 2. The van der Waals surface area contributed by atoms with Crippen LogP contribution in [0.1, 0.15) is 89.2 Å². The molecule has 2 rings (SSSR count). The molecule has 0 radical (unpaired) electrons. The van der Waals surface area contributed by atoms with Gasteiger partial charge in [-0.3, -0.25) is 23.9 Å². The molecule has 1 aliphatic rings. The maximum absolute atomic E-state index is 12.0. The molecule has 1 aliphatic heterocycles. The van der Waals surface area contributed by atoms with Gasteiger partial charge in [0, 0.05) is 64.2 Å². The van der Waals surface area contributed by atoms with E-state index >= 15 is 0 Å². The van der Waals surface area contributed by atoms with Gasteiger partial charge in [0.15, 0.2) is 0 Å².